The first-order valence-corrected chi connectivity index (χ1v) is 10.4. The zero-order valence-electron chi connectivity index (χ0n) is 16.1. The van der Waals surface area contributed by atoms with Crippen molar-refractivity contribution in [3.05, 3.63) is 41.5 Å². The molecule has 1 saturated heterocycles. The summed E-state index contributed by atoms with van der Waals surface area (Å²) in [6.07, 6.45) is 4.45. The minimum Gasteiger partial charge on any atom is -0.495 e. The van der Waals surface area contributed by atoms with Crippen LogP contribution in [0.3, 0.4) is 0 Å². The van der Waals surface area contributed by atoms with E-state index < -0.39 is 0 Å². The Balaban J connectivity index is 1.53. The van der Waals surface area contributed by atoms with Gasteiger partial charge in [0.05, 0.1) is 24.1 Å². The summed E-state index contributed by atoms with van der Waals surface area (Å²) in [6, 6.07) is 9.69. The minimum absolute atomic E-state index is 0.0269. The van der Waals surface area contributed by atoms with Crippen molar-refractivity contribution in [2.75, 3.05) is 30.4 Å². The first kappa shape index (κ1) is 18.7. The molecule has 3 aromatic rings. The number of benzene rings is 1. The standard InChI is InChI=1S/C21H24N4O2S/c1-3-15-11-16-19(22-13-23-21(16)28-15)25-10-6-7-14(12-25)20(26)24-17-8-4-5-9-18(17)27-2/h4-5,8-9,11,13-14H,3,6-7,10,12H2,1-2H3,(H,24,26)/t14-/m1/s1. The van der Waals surface area contributed by atoms with Crippen LogP contribution in [0, 0.1) is 5.92 Å². The second-order valence-corrected chi connectivity index (χ2v) is 8.07. The fraction of sp³-hybridized carbons (Fsp3) is 0.381. The smallest absolute Gasteiger partial charge is 0.229 e. The fourth-order valence-corrected chi connectivity index (χ4v) is 4.61. The van der Waals surface area contributed by atoms with Gasteiger partial charge in [-0.1, -0.05) is 19.1 Å². The summed E-state index contributed by atoms with van der Waals surface area (Å²) in [5.41, 5.74) is 0.710. The molecular formula is C21H24N4O2S. The lowest BCUT2D eigenvalue weighted by Gasteiger charge is -2.33. The maximum atomic E-state index is 12.9. The number of nitrogens with zero attached hydrogens (tertiary/aromatic N) is 3. The van der Waals surface area contributed by atoms with Gasteiger partial charge in [-0.15, -0.1) is 11.3 Å². The number of hydrogen-bond acceptors (Lipinski definition) is 6. The number of carbonyl (C=O) groups is 1. The Morgan fingerprint density at radius 1 is 1.36 bits per heavy atom. The Hall–Kier alpha value is -2.67. The first-order chi connectivity index (χ1) is 13.7. The third-order valence-electron chi connectivity index (χ3n) is 5.16. The van der Waals surface area contributed by atoms with Gasteiger partial charge < -0.3 is 15.0 Å². The number of ether oxygens (including phenoxy) is 1. The van der Waals surface area contributed by atoms with Gasteiger partial charge in [0.15, 0.2) is 0 Å². The number of fused-ring (bicyclic) bond motifs is 1. The lowest BCUT2D eigenvalue weighted by atomic mass is 9.96. The molecule has 1 aliphatic rings. The van der Waals surface area contributed by atoms with Crippen LogP contribution in [-0.2, 0) is 11.2 Å². The Kier molecular flexibility index (Phi) is 5.43. The average molecular weight is 397 g/mol. The molecule has 1 aliphatic heterocycles. The van der Waals surface area contributed by atoms with Crippen LogP contribution in [0.15, 0.2) is 36.7 Å². The molecule has 0 radical (unpaired) electrons. The summed E-state index contributed by atoms with van der Waals surface area (Å²) in [7, 11) is 1.61. The van der Waals surface area contributed by atoms with Crippen LogP contribution in [0.2, 0.25) is 0 Å². The molecule has 7 heteroatoms. The van der Waals surface area contributed by atoms with E-state index in [1.807, 2.05) is 24.3 Å². The van der Waals surface area contributed by atoms with Crippen LogP contribution in [0.1, 0.15) is 24.6 Å². The van der Waals surface area contributed by atoms with E-state index in [2.05, 4.69) is 33.2 Å². The molecule has 0 unspecified atom stereocenters. The van der Waals surface area contributed by atoms with E-state index in [1.54, 1.807) is 24.8 Å². The van der Waals surface area contributed by atoms with Crippen molar-refractivity contribution in [3.8, 4) is 5.75 Å². The highest BCUT2D eigenvalue weighted by Gasteiger charge is 2.28. The molecule has 28 heavy (non-hydrogen) atoms. The molecule has 0 spiro atoms. The van der Waals surface area contributed by atoms with Crippen LogP contribution in [-0.4, -0.2) is 36.1 Å². The number of thiophene rings is 1. The Morgan fingerprint density at radius 3 is 3.04 bits per heavy atom. The van der Waals surface area contributed by atoms with Gasteiger partial charge in [-0.2, -0.15) is 0 Å². The molecule has 3 heterocycles. The number of nitrogens with one attached hydrogen (secondary N) is 1. The number of amides is 1. The molecule has 4 rings (SSSR count). The minimum atomic E-state index is -0.0899. The van der Waals surface area contributed by atoms with Gasteiger partial charge in [-0.25, -0.2) is 9.97 Å². The Labute approximate surface area is 168 Å². The third-order valence-corrected chi connectivity index (χ3v) is 6.35. The van der Waals surface area contributed by atoms with Crippen LogP contribution in [0.5, 0.6) is 5.75 Å². The highest BCUT2D eigenvalue weighted by atomic mass is 32.1. The zero-order valence-corrected chi connectivity index (χ0v) is 17.0. The Morgan fingerprint density at radius 2 is 2.21 bits per heavy atom. The van der Waals surface area contributed by atoms with Crippen molar-refractivity contribution >= 4 is 39.0 Å². The number of aromatic nitrogens is 2. The number of rotatable bonds is 5. The molecule has 1 atom stereocenters. The molecule has 0 saturated carbocycles. The van der Waals surface area contributed by atoms with E-state index >= 15 is 0 Å². The van der Waals surface area contributed by atoms with Gasteiger partial charge in [-0.05, 0) is 37.5 Å². The highest BCUT2D eigenvalue weighted by molar-refractivity contribution is 7.18. The lowest BCUT2D eigenvalue weighted by molar-refractivity contribution is -0.120. The average Bonchev–Trinajstić information content (AvgIpc) is 3.17. The summed E-state index contributed by atoms with van der Waals surface area (Å²) < 4.78 is 5.34. The maximum Gasteiger partial charge on any atom is 0.229 e. The van der Waals surface area contributed by atoms with E-state index in [-0.39, 0.29) is 11.8 Å². The predicted molar refractivity (Wildman–Crippen MR) is 113 cm³/mol. The van der Waals surface area contributed by atoms with Crippen LogP contribution < -0.4 is 15.0 Å². The van der Waals surface area contributed by atoms with Gasteiger partial charge in [0, 0.05) is 18.0 Å². The van der Waals surface area contributed by atoms with E-state index in [1.165, 1.54) is 4.88 Å². The molecule has 0 bridgehead atoms. The Bertz CT molecular complexity index is 987. The number of methoxy groups -OCH3 is 1. The number of aryl methyl sites for hydroxylation is 1. The largest absolute Gasteiger partial charge is 0.495 e. The summed E-state index contributed by atoms with van der Waals surface area (Å²) in [5, 5.41) is 4.13. The van der Waals surface area contributed by atoms with Crippen LogP contribution >= 0.6 is 11.3 Å². The fourth-order valence-electron chi connectivity index (χ4n) is 3.69. The quantitative estimate of drug-likeness (QED) is 0.703. The summed E-state index contributed by atoms with van der Waals surface area (Å²) >= 11 is 1.72. The summed E-state index contributed by atoms with van der Waals surface area (Å²) in [5.74, 6) is 1.55. The van der Waals surface area contributed by atoms with Crippen molar-refractivity contribution in [1.29, 1.82) is 0 Å². The maximum absolute atomic E-state index is 12.9. The molecule has 1 amide bonds. The zero-order chi connectivity index (χ0) is 19.5. The van der Waals surface area contributed by atoms with Crippen LogP contribution in [0.4, 0.5) is 11.5 Å². The van der Waals surface area contributed by atoms with Crippen LogP contribution in [0.25, 0.3) is 10.2 Å². The summed E-state index contributed by atoms with van der Waals surface area (Å²) in [4.78, 5) is 26.4. The van der Waals surface area contributed by atoms with E-state index in [0.29, 0.717) is 18.0 Å². The molecular weight excluding hydrogens is 372 g/mol. The van der Waals surface area contributed by atoms with Crippen molar-refractivity contribution in [1.82, 2.24) is 9.97 Å². The monoisotopic (exact) mass is 396 g/mol. The highest BCUT2D eigenvalue weighted by Crippen LogP contribution is 2.33. The van der Waals surface area contributed by atoms with Crippen molar-refractivity contribution in [2.45, 2.75) is 26.2 Å². The van der Waals surface area contributed by atoms with E-state index in [9.17, 15) is 4.79 Å². The molecule has 2 aromatic heterocycles. The van der Waals surface area contributed by atoms with Gasteiger partial charge in [0.25, 0.3) is 0 Å². The predicted octanol–water partition coefficient (Wildman–Crippen LogP) is 4.12. The van der Waals surface area contributed by atoms with Crippen molar-refractivity contribution in [3.63, 3.8) is 0 Å². The second kappa shape index (κ2) is 8.14. The summed E-state index contributed by atoms with van der Waals surface area (Å²) in [6.45, 7) is 3.71. The van der Waals surface area contributed by atoms with Gasteiger partial charge in [-0.3, -0.25) is 4.79 Å². The normalized spacial score (nSPS) is 16.9. The van der Waals surface area contributed by atoms with E-state index in [4.69, 9.17) is 4.74 Å². The second-order valence-electron chi connectivity index (χ2n) is 6.96. The molecule has 146 valence electrons. The van der Waals surface area contributed by atoms with Crippen molar-refractivity contribution in [2.24, 2.45) is 5.92 Å². The van der Waals surface area contributed by atoms with E-state index in [0.717, 1.165) is 41.8 Å². The number of hydrogen-bond donors (Lipinski definition) is 1. The number of carbonyl (C=O) groups excluding carboxylic acids is 1. The molecule has 1 fully saturated rings. The lowest BCUT2D eigenvalue weighted by Crippen LogP contribution is -2.41. The SMILES string of the molecule is CCc1cc2c(N3CCC[C@@H](C(=O)Nc4ccccc4OC)C3)ncnc2s1. The number of anilines is 2. The first-order valence-electron chi connectivity index (χ1n) is 9.61. The number of para-hydroxylation sites is 2. The molecule has 1 N–H and O–H groups in total. The third kappa shape index (κ3) is 3.67. The molecule has 0 aliphatic carbocycles. The van der Waals surface area contributed by atoms with Crippen molar-refractivity contribution < 1.29 is 9.53 Å². The van der Waals surface area contributed by atoms with Gasteiger partial charge in [0.1, 0.15) is 22.7 Å². The number of piperidine rings is 1. The van der Waals surface area contributed by atoms with Gasteiger partial charge >= 0.3 is 0 Å². The topological polar surface area (TPSA) is 67.4 Å². The van der Waals surface area contributed by atoms with Gasteiger partial charge in [0.2, 0.25) is 5.91 Å². The molecule has 6 nitrogen and oxygen atoms in total. The molecule has 1 aromatic carbocycles.